The zero-order valence-electron chi connectivity index (χ0n) is 17.3. The maximum absolute atomic E-state index is 12.7. The summed E-state index contributed by atoms with van der Waals surface area (Å²) in [6.07, 6.45) is 4.35. The van der Waals surface area contributed by atoms with Crippen LogP contribution in [0.25, 0.3) is 0 Å². The fourth-order valence-electron chi connectivity index (χ4n) is 3.03. The highest BCUT2D eigenvalue weighted by Gasteiger charge is 2.30. The molecule has 2 atom stereocenters. The molecule has 2 rings (SSSR count). The maximum atomic E-state index is 12.7. The van der Waals surface area contributed by atoms with Crippen molar-refractivity contribution in [3.63, 3.8) is 0 Å². The largest absolute Gasteiger partial charge is 0.325 e. The van der Waals surface area contributed by atoms with Gasteiger partial charge >= 0.3 is 0 Å². The third kappa shape index (κ3) is 6.13. The van der Waals surface area contributed by atoms with Gasteiger partial charge in [0.1, 0.15) is 16.8 Å². The van der Waals surface area contributed by atoms with Crippen molar-refractivity contribution >= 4 is 21.7 Å². The standard InChI is InChI=1S/C19H30N6O3S/c1-4-10-22-29(27,28)17-8-9-18(21-13-17)23-25(15(3)5-2)14-19(26)24-11-6-7-16(24)12-20/h8-9,13,15-16,22H,4-7,10-11,14H2,1-3H3,(H,21,23)/t15-,16?/m0/s1. The molecule has 0 aromatic carbocycles. The number of carbonyl (C=O) groups is 1. The fraction of sp³-hybridized carbons (Fsp3) is 0.632. The van der Waals surface area contributed by atoms with E-state index in [0.717, 1.165) is 12.8 Å². The van der Waals surface area contributed by atoms with Crippen molar-refractivity contribution in [2.24, 2.45) is 0 Å². The van der Waals surface area contributed by atoms with E-state index in [1.165, 1.54) is 12.3 Å². The molecule has 1 saturated heterocycles. The minimum Gasteiger partial charge on any atom is -0.325 e. The number of aromatic nitrogens is 1. The third-order valence-electron chi connectivity index (χ3n) is 5.00. The first-order valence-electron chi connectivity index (χ1n) is 10.0. The minimum atomic E-state index is -3.57. The number of anilines is 1. The first kappa shape index (κ1) is 23.1. The second-order valence-corrected chi connectivity index (χ2v) is 8.92. The molecule has 1 aliphatic heterocycles. The number of sulfonamides is 1. The Morgan fingerprint density at radius 2 is 2.21 bits per heavy atom. The van der Waals surface area contributed by atoms with Crippen LogP contribution < -0.4 is 10.1 Å². The molecule has 2 heterocycles. The van der Waals surface area contributed by atoms with Gasteiger partial charge in [-0.25, -0.2) is 23.1 Å². The van der Waals surface area contributed by atoms with Crippen LogP contribution in [0.1, 0.15) is 46.5 Å². The Morgan fingerprint density at radius 1 is 1.45 bits per heavy atom. The average molecular weight is 423 g/mol. The van der Waals surface area contributed by atoms with E-state index in [2.05, 4.69) is 21.2 Å². The smallest absolute Gasteiger partial charge is 0.242 e. The third-order valence-corrected chi connectivity index (χ3v) is 6.44. The quantitative estimate of drug-likeness (QED) is 0.551. The van der Waals surface area contributed by atoms with Gasteiger partial charge < -0.3 is 10.3 Å². The normalized spacial score (nSPS) is 17.9. The van der Waals surface area contributed by atoms with Gasteiger partial charge in [-0.2, -0.15) is 5.26 Å². The number of hydrogen-bond acceptors (Lipinski definition) is 7. The summed E-state index contributed by atoms with van der Waals surface area (Å²) < 4.78 is 26.8. The van der Waals surface area contributed by atoms with Gasteiger partial charge in [-0.05, 0) is 44.7 Å². The van der Waals surface area contributed by atoms with E-state index in [1.807, 2.05) is 20.8 Å². The molecule has 1 amide bonds. The second kappa shape index (κ2) is 10.5. The van der Waals surface area contributed by atoms with Crippen LogP contribution in [0.2, 0.25) is 0 Å². The zero-order chi connectivity index (χ0) is 21.4. The van der Waals surface area contributed by atoms with Crippen LogP contribution in [0, 0.1) is 11.3 Å². The van der Waals surface area contributed by atoms with Gasteiger partial charge in [0.15, 0.2) is 0 Å². The number of likely N-dealkylation sites (tertiary alicyclic amines) is 1. The van der Waals surface area contributed by atoms with E-state index >= 15 is 0 Å². The van der Waals surface area contributed by atoms with Gasteiger partial charge in [0.25, 0.3) is 0 Å². The van der Waals surface area contributed by atoms with Gasteiger partial charge in [0.2, 0.25) is 15.9 Å². The Bertz CT molecular complexity index is 821. The summed E-state index contributed by atoms with van der Waals surface area (Å²) in [6, 6.07) is 4.93. The van der Waals surface area contributed by atoms with Crippen molar-refractivity contribution in [1.82, 2.24) is 19.6 Å². The first-order valence-corrected chi connectivity index (χ1v) is 11.5. The van der Waals surface area contributed by atoms with Crippen LogP contribution in [-0.4, -0.2) is 60.9 Å². The lowest BCUT2D eigenvalue weighted by molar-refractivity contribution is -0.132. The number of amides is 1. The van der Waals surface area contributed by atoms with Crippen LogP contribution in [-0.2, 0) is 14.8 Å². The van der Waals surface area contributed by atoms with Crippen molar-refractivity contribution in [1.29, 1.82) is 5.26 Å². The van der Waals surface area contributed by atoms with Crippen molar-refractivity contribution in [3.05, 3.63) is 18.3 Å². The zero-order valence-corrected chi connectivity index (χ0v) is 18.1. The van der Waals surface area contributed by atoms with Gasteiger partial charge in [-0.1, -0.05) is 13.8 Å². The van der Waals surface area contributed by atoms with E-state index in [-0.39, 0.29) is 29.4 Å². The minimum absolute atomic E-state index is 0.0403. The van der Waals surface area contributed by atoms with Gasteiger partial charge in [-0.3, -0.25) is 4.79 Å². The summed E-state index contributed by atoms with van der Waals surface area (Å²) in [7, 11) is -3.57. The lowest BCUT2D eigenvalue weighted by atomic mass is 10.2. The number of pyridine rings is 1. The number of hydrazine groups is 1. The molecule has 0 spiro atoms. The number of hydrogen-bond donors (Lipinski definition) is 2. The van der Waals surface area contributed by atoms with Gasteiger partial charge in [-0.15, -0.1) is 0 Å². The number of carbonyl (C=O) groups excluding carboxylic acids is 1. The molecule has 0 aliphatic carbocycles. The Balaban J connectivity index is 2.08. The fourth-order valence-corrected chi connectivity index (χ4v) is 4.11. The molecule has 29 heavy (non-hydrogen) atoms. The molecule has 10 heteroatoms. The predicted octanol–water partition coefficient (Wildman–Crippen LogP) is 1.71. The second-order valence-electron chi connectivity index (χ2n) is 7.15. The molecule has 1 aliphatic rings. The van der Waals surface area contributed by atoms with Crippen LogP contribution in [0.5, 0.6) is 0 Å². The Kier molecular flexibility index (Phi) is 8.37. The number of nitrogens with zero attached hydrogens (tertiary/aromatic N) is 4. The van der Waals surface area contributed by atoms with Crippen molar-refractivity contribution in [3.8, 4) is 6.07 Å². The average Bonchev–Trinajstić information content (AvgIpc) is 3.20. The topological polar surface area (TPSA) is 118 Å². The summed E-state index contributed by atoms with van der Waals surface area (Å²) in [5, 5.41) is 11.0. The number of nitrogens with one attached hydrogen (secondary N) is 2. The monoisotopic (exact) mass is 422 g/mol. The Hall–Kier alpha value is -2.22. The molecule has 1 fully saturated rings. The van der Waals surface area contributed by atoms with Crippen molar-refractivity contribution in [2.45, 2.75) is 63.4 Å². The molecule has 0 saturated carbocycles. The van der Waals surface area contributed by atoms with E-state index in [1.54, 1.807) is 16.0 Å². The SMILES string of the molecule is CCCNS(=O)(=O)c1ccc(NN(CC(=O)N2CCCC2C#N)[C@@H](C)CC)nc1. The molecule has 9 nitrogen and oxygen atoms in total. The molecule has 0 radical (unpaired) electrons. The predicted molar refractivity (Wildman–Crippen MR) is 110 cm³/mol. The summed E-state index contributed by atoms with van der Waals surface area (Å²) in [5.41, 5.74) is 3.12. The highest BCUT2D eigenvalue weighted by Crippen LogP contribution is 2.18. The molecular weight excluding hydrogens is 392 g/mol. The van der Waals surface area contributed by atoms with E-state index in [0.29, 0.717) is 31.7 Å². The molecule has 1 aromatic heterocycles. The van der Waals surface area contributed by atoms with Crippen molar-refractivity contribution < 1.29 is 13.2 Å². The lowest BCUT2D eigenvalue weighted by Gasteiger charge is -2.31. The first-order chi connectivity index (χ1) is 13.8. The molecule has 1 aromatic rings. The lowest BCUT2D eigenvalue weighted by Crippen LogP contribution is -2.47. The highest BCUT2D eigenvalue weighted by atomic mass is 32.2. The summed E-state index contributed by atoms with van der Waals surface area (Å²) in [6.45, 7) is 6.96. The number of rotatable bonds is 10. The molecule has 2 N–H and O–H groups in total. The summed E-state index contributed by atoms with van der Waals surface area (Å²) >= 11 is 0. The van der Waals surface area contributed by atoms with Gasteiger partial charge in [0, 0.05) is 25.3 Å². The number of nitriles is 1. The van der Waals surface area contributed by atoms with Gasteiger partial charge in [0.05, 0.1) is 12.6 Å². The molecule has 0 bridgehead atoms. The van der Waals surface area contributed by atoms with Crippen LogP contribution in [0.4, 0.5) is 5.82 Å². The highest BCUT2D eigenvalue weighted by molar-refractivity contribution is 7.89. The Morgan fingerprint density at radius 3 is 2.79 bits per heavy atom. The van der Waals surface area contributed by atoms with Crippen LogP contribution >= 0.6 is 0 Å². The van der Waals surface area contributed by atoms with E-state index < -0.39 is 10.0 Å². The van der Waals surface area contributed by atoms with Crippen LogP contribution in [0.3, 0.4) is 0 Å². The Labute approximate surface area is 173 Å². The van der Waals surface area contributed by atoms with E-state index in [9.17, 15) is 18.5 Å². The molecular formula is C19H30N6O3S. The van der Waals surface area contributed by atoms with Crippen LogP contribution in [0.15, 0.2) is 23.2 Å². The molecule has 160 valence electrons. The summed E-state index contributed by atoms with van der Waals surface area (Å²) in [4.78, 5) is 18.6. The maximum Gasteiger partial charge on any atom is 0.242 e. The van der Waals surface area contributed by atoms with Crippen molar-refractivity contribution in [2.75, 3.05) is 25.1 Å². The molecule has 1 unspecified atom stereocenters. The van der Waals surface area contributed by atoms with E-state index in [4.69, 9.17) is 0 Å². The summed E-state index contributed by atoms with van der Waals surface area (Å²) in [5.74, 6) is 0.343.